The molecule has 2 aliphatic carbocycles. The molecule has 2 aliphatic rings. The highest BCUT2D eigenvalue weighted by molar-refractivity contribution is 6.22. The average Bonchev–Trinajstić information content (AvgIpc) is 3.63. The second-order valence-electron chi connectivity index (χ2n) is 14.2. The average molecular weight is 633 g/mol. The van der Waals surface area contributed by atoms with Crippen LogP contribution in [0.15, 0.2) is 176 Å². The van der Waals surface area contributed by atoms with Gasteiger partial charge >= 0.3 is 0 Å². The van der Waals surface area contributed by atoms with Crippen molar-refractivity contribution in [1.82, 2.24) is 0 Å². The zero-order chi connectivity index (χ0) is 33.0. The van der Waals surface area contributed by atoms with E-state index in [0.717, 1.165) is 0 Å². The van der Waals surface area contributed by atoms with Crippen LogP contribution in [0.3, 0.4) is 0 Å². The molecule has 9 aromatic carbocycles. The third kappa shape index (κ3) is 3.71. The Hall–Kier alpha value is -6.24. The van der Waals surface area contributed by atoms with E-state index in [0.29, 0.717) is 0 Å². The number of hydrogen-bond acceptors (Lipinski definition) is 0. The maximum absolute atomic E-state index is 2.47. The first-order valence-corrected chi connectivity index (χ1v) is 17.6. The molecule has 0 radical (unpaired) electrons. The van der Waals surface area contributed by atoms with Gasteiger partial charge in [-0.1, -0.05) is 146 Å². The summed E-state index contributed by atoms with van der Waals surface area (Å²) in [6, 6.07) is 65.8. The lowest BCUT2D eigenvalue weighted by Crippen LogP contribution is -2.22. The lowest BCUT2D eigenvalue weighted by Gasteiger charge is -2.29. The molecule has 9 aromatic rings. The predicted octanol–water partition coefficient (Wildman–Crippen LogP) is 13.5. The minimum absolute atomic E-state index is 0.273. The molecule has 0 heterocycles. The maximum Gasteiger partial charge on any atom is 0.0435 e. The Morgan fingerprint density at radius 3 is 1.80 bits per heavy atom. The Bertz CT molecular complexity index is 2870. The molecule has 0 spiro atoms. The molecular weight excluding hydrogens is 601 g/mol. The van der Waals surface area contributed by atoms with E-state index in [4.69, 9.17) is 0 Å². The zero-order valence-corrected chi connectivity index (χ0v) is 27.7. The van der Waals surface area contributed by atoms with Crippen molar-refractivity contribution in [3.05, 3.63) is 193 Å². The van der Waals surface area contributed by atoms with Gasteiger partial charge in [0.2, 0.25) is 0 Å². The summed E-state index contributed by atoms with van der Waals surface area (Å²) in [5.41, 5.74) is 16.9. The molecule has 0 saturated carbocycles. The Labute approximate surface area is 291 Å². The molecule has 1 atom stereocenters. The largest absolute Gasteiger partial charge is 0.0622 e. The highest BCUT2D eigenvalue weighted by Crippen LogP contribution is 2.56. The van der Waals surface area contributed by atoms with Crippen LogP contribution in [0.1, 0.15) is 23.6 Å². The minimum atomic E-state index is -0.273. The highest BCUT2D eigenvalue weighted by Gasteiger charge is 2.41. The molecule has 0 saturated heterocycles. The second kappa shape index (κ2) is 10.1. The maximum atomic E-state index is 2.47. The van der Waals surface area contributed by atoms with Crippen LogP contribution in [-0.4, -0.2) is 0 Å². The molecule has 11 rings (SSSR count). The van der Waals surface area contributed by atoms with E-state index in [9.17, 15) is 0 Å². The lowest BCUT2D eigenvalue weighted by molar-refractivity contribution is 0.715. The van der Waals surface area contributed by atoms with Crippen molar-refractivity contribution in [3.8, 4) is 55.6 Å². The van der Waals surface area contributed by atoms with Gasteiger partial charge in [-0.2, -0.15) is 0 Å². The van der Waals surface area contributed by atoms with Gasteiger partial charge in [0.25, 0.3) is 0 Å². The van der Waals surface area contributed by atoms with E-state index in [2.05, 4.69) is 183 Å². The fourth-order valence-corrected chi connectivity index (χ4v) is 9.24. The topological polar surface area (TPSA) is 0 Å². The van der Waals surface area contributed by atoms with Crippen molar-refractivity contribution in [2.45, 2.75) is 12.3 Å². The molecule has 0 nitrogen and oxygen atoms in total. The summed E-state index contributed by atoms with van der Waals surface area (Å²) < 4.78 is 0. The van der Waals surface area contributed by atoms with Gasteiger partial charge in [-0.05, 0) is 142 Å². The van der Waals surface area contributed by atoms with Gasteiger partial charge in [0.05, 0.1) is 0 Å². The van der Waals surface area contributed by atoms with Crippen LogP contribution in [0.5, 0.6) is 0 Å². The molecule has 0 N–H and O–H groups in total. The Morgan fingerprint density at radius 1 is 0.340 bits per heavy atom. The van der Waals surface area contributed by atoms with Crippen molar-refractivity contribution >= 4 is 32.3 Å². The SMILES string of the molecule is CC1(c2ccccc2)c2cc(-c3cccc(-c4c5c(cc6ccccc46)-c4cccc6cccc-5c46)c3)ccc2-c2cc3ccccc3cc21. The summed E-state index contributed by atoms with van der Waals surface area (Å²) in [7, 11) is 0. The van der Waals surface area contributed by atoms with E-state index in [-0.39, 0.29) is 5.41 Å². The quantitative estimate of drug-likeness (QED) is 0.182. The van der Waals surface area contributed by atoms with Crippen molar-refractivity contribution in [2.24, 2.45) is 0 Å². The van der Waals surface area contributed by atoms with E-state index >= 15 is 0 Å². The molecule has 0 heteroatoms. The van der Waals surface area contributed by atoms with Crippen LogP contribution in [0.2, 0.25) is 0 Å². The van der Waals surface area contributed by atoms with Gasteiger partial charge in [-0.25, -0.2) is 0 Å². The molecule has 232 valence electrons. The third-order valence-electron chi connectivity index (χ3n) is 11.6. The fourth-order valence-electron chi connectivity index (χ4n) is 9.24. The Morgan fingerprint density at radius 2 is 0.960 bits per heavy atom. The first-order chi connectivity index (χ1) is 24.7. The Balaban J connectivity index is 1.13. The molecule has 50 heavy (non-hydrogen) atoms. The number of hydrogen-bond donors (Lipinski definition) is 0. The zero-order valence-electron chi connectivity index (χ0n) is 27.7. The van der Waals surface area contributed by atoms with E-state index in [1.165, 1.54) is 105 Å². The second-order valence-corrected chi connectivity index (χ2v) is 14.2. The smallest absolute Gasteiger partial charge is 0.0435 e. The van der Waals surface area contributed by atoms with Gasteiger partial charge in [-0.15, -0.1) is 0 Å². The van der Waals surface area contributed by atoms with Crippen molar-refractivity contribution in [1.29, 1.82) is 0 Å². The normalized spacial score (nSPS) is 15.4. The molecule has 0 aliphatic heterocycles. The summed E-state index contributed by atoms with van der Waals surface area (Å²) >= 11 is 0. The monoisotopic (exact) mass is 632 g/mol. The van der Waals surface area contributed by atoms with Crippen LogP contribution in [-0.2, 0) is 5.41 Å². The first kappa shape index (κ1) is 27.7. The lowest BCUT2D eigenvalue weighted by atomic mass is 9.73. The summed E-state index contributed by atoms with van der Waals surface area (Å²) in [5, 5.41) is 7.80. The standard InChI is InChI=1S/C50H32/c1-50(38-19-3-2-4-20-38)45-30-35(24-25-40(45)43-27-33-12-5-6-13-34(33)29-46(43)50)32-17-9-18-37(26-32)48-39-21-8-7-14-36(39)28-44-41-22-10-15-31-16-11-23-42(47(31)41)49(44)48/h2-30H,1H3. The fraction of sp³-hybridized carbons (Fsp3) is 0.0400. The van der Waals surface area contributed by atoms with Crippen LogP contribution < -0.4 is 0 Å². The van der Waals surface area contributed by atoms with Gasteiger partial charge in [0.1, 0.15) is 0 Å². The van der Waals surface area contributed by atoms with E-state index in [1.54, 1.807) is 0 Å². The number of fused-ring (bicyclic) bond motifs is 8. The number of rotatable bonds is 3. The van der Waals surface area contributed by atoms with Gasteiger partial charge in [-0.3, -0.25) is 0 Å². The van der Waals surface area contributed by atoms with Crippen molar-refractivity contribution in [3.63, 3.8) is 0 Å². The molecule has 1 unspecified atom stereocenters. The van der Waals surface area contributed by atoms with Gasteiger partial charge in [0.15, 0.2) is 0 Å². The highest BCUT2D eigenvalue weighted by atomic mass is 14.4. The molecule has 0 bridgehead atoms. The van der Waals surface area contributed by atoms with Crippen molar-refractivity contribution < 1.29 is 0 Å². The molecule has 0 amide bonds. The van der Waals surface area contributed by atoms with Crippen LogP contribution >= 0.6 is 0 Å². The Kier molecular flexibility index (Phi) is 5.61. The number of benzene rings is 9. The van der Waals surface area contributed by atoms with E-state index < -0.39 is 0 Å². The summed E-state index contributed by atoms with van der Waals surface area (Å²) in [6.45, 7) is 2.42. The minimum Gasteiger partial charge on any atom is -0.0622 e. The van der Waals surface area contributed by atoms with Gasteiger partial charge in [0, 0.05) is 5.41 Å². The predicted molar refractivity (Wildman–Crippen MR) is 212 cm³/mol. The van der Waals surface area contributed by atoms with Crippen LogP contribution in [0.25, 0.3) is 88.0 Å². The van der Waals surface area contributed by atoms with Crippen molar-refractivity contribution in [2.75, 3.05) is 0 Å². The molecule has 0 aromatic heterocycles. The van der Waals surface area contributed by atoms with E-state index in [1.807, 2.05) is 0 Å². The summed E-state index contributed by atoms with van der Waals surface area (Å²) in [5.74, 6) is 0. The molecule has 0 fully saturated rings. The van der Waals surface area contributed by atoms with Crippen LogP contribution in [0.4, 0.5) is 0 Å². The first-order valence-electron chi connectivity index (χ1n) is 17.6. The summed E-state index contributed by atoms with van der Waals surface area (Å²) in [6.07, 6.45) is 0. The van der Waals surface area contributed by atoms with Gasteiger partial charge < -0.3 is 0 Å². The third-order valence-corrected chi connectivity index (χ3v) is 11.6. The summed E-state index contributed by atoms with van der Waals surface area (Å²) in [4.78, 5) is 0. The van der Waals surface area contributed by atoms with Crippen LogP contribution in [0, 0.1) is 0 Å². The molecular formula is C50H32.